The monoisotopic (exact) mass is 439 g/mol. The van der Waals surface area contributed by atoms with Crippen molar-refractivity contribution in [1.82, 2.24) is 9.88 Å². The van der Waals surface area contributed by atoms with E-state index >= 15 is 0 Å². The zero-order chi connectivity index (χ0) is 22.0. The number of primary sulfonamides is 1. The topological polar surface area (TPSA) is 109 Å². The van der Waals surface area contributed by atoms with Gasteiger partial charge < -0.3 is 10.2 Å². The van der Waals surface area contributed by atoms with E-state index in [1.807, 2.05) is 37.3 Å². The van der Waals surface area contributed by atoms with Crippen molar-refractivity contribution in [3.8, 4) is 0 Å². The fourth-order valence-corrected chi connectivity index (χ4v) is 4.23. The van der Waals surface area contributed by atoms with Crippen molar-refractivity contribution in [2.24, 2.45) is 5.14 Å². The van der Waals surface area contributed by atoms with Crippen LogP contribution in [0.2, 0.25) is 0 Å². The molecular formula is C22H25N5O3S. The number of carbonyl (C=O) groups is 1. The third-order valence-corrected chi connectivity index (χ3v) is 6.53. The summed E-state index contributed by atoms with van der Waals surface area (Å²) in [6, 6.07) is 17.7. The summed E-state index contributed by atoms with van der Waals surface area (Å²) in [7, 11) is -3.75. The SMILES string of the molecule is C[C@H](C(=O)Nc1ccc(S(N)(=O)=O)cc1)N1CCN(c2ccc3ccccc3n2)CC1. The Morgan fingerprint density at radius 1 is 1.00 bits per heavy atom. The van der Waals surface area contributed by atoms with Crippen LogP contribution in [0.5, 0.6) is 0 Å². The van der Waals surface area contributed by atoms with E-state index in [1.165, 1.54) is 24.3 Å². The molecule has 2 heterocycles. The van der Waals surface area contributed by atoms with Crippen molar-refractivity contribution in [3.05, 3.63) is 60.7 Å². The zero-order valence-electron chi connectivity index (χ0n) is 17.2. The zero-order valence-corrected chi connectivity index (χ0v) is 18.0. The van der Waals surface area contributed by atoms with Crippen LogP contribution < -0.4 is 15.4 Å². The summed E-state index contributed by atoms with van der Waals surface area (Å²) in [6.45, 7) is 4.93. The number of sulfonamides is 1. The number of hydrogen-bond donors (Lipinski definition) is 2. The molecule has 1 aliphatic heterocycles. The summed E-state index contributed by atoms with van der Waals surface area (Å²) < 4.78 is 22.7. The number of benzene rings is 2. The van der Waals surface area contributed by atoms with Gasteiger partial charge in [-0.1, -0.05) is 18.2 Å². The second kappa shape index (κ2) is 8.62. The van der Waals surface area contributed by atoms with Crippen molar-refractivity contribution >= 4 is 38.3 Å². The average molecular weight is 440 g/mol. The first-order valence-corrected chi connectivity index (χ1v) is 11.6. The van der Waals surface area contributed by atoms with Crippen molar-refractivity contribution in [2.45, 2.75) is 17.9 Å². The number of pyridine rings is 1. The van der Waals surface area contributed by atoms with Gasteiger partial charge in [-0.2, -0.15) is 0 Å². The van der Waals surface area contributed by atoms with Crippen LogP contribution >= 0.6 is 0 Å². The number of nitrogens with one attached hydrogen (secondary N) is 1. The molecule has 9 heteroatoms. The second-order valence-electron chi connectivity index (χ2n) is 7.62. The number of para-hydroxylation sites is 1. The Bertz CT molecular complexity index is 1190. The van der Waals surface area contributed by atoms with E-state index in [2.05, 4.69) is 21.2 Å². The first-order chi connectivity index (χ1) is 14.8. The van der Waals surface area contributed by atoms with Crippen molar-refractivity contribution in [1.29, 1.82) is 0 Å². The summed E-state index contributed by atoms with van der Waals surface area (Å²) in [5, 5.41) is 9.06. The minimum Gasteiger partial charge on any atom is -0.354 e. The van der Waals surface area contributed by atoms with Crippen LogP contribution in [-0.4, -0.2) is 56.4 Å². The molecule has 1 saturated heterocycles. The summed E-state index contributed by atoms with van der Waals surface area (Å²) in [4.78, 5) is 21.8. The molecule has 3 aromatic rings. The van der Waals surface area contributed by atoms with E-state index in [0.29, 0.717) is 5.69 Å². The Morgan fingerprint density at radius 3 is 2.35 bits per heavy atom. The third-order valence-electron chi connectivity index (χ3n) is 5.60. The lowest BCUT2D eigenvalue weighted by atomic mass is 10.2. The average Bonchev–Trinajstić information content (AvgIpc) is 2.78. The number of carbonyl (C=O) groups excluding carboxylic acids is 1. The van der Waals surface area contributed by atoms with E-state index in [9.17, 15) is 13.2 Å². The number of hydrogen-bond acceptors (Lipinski definition) is 6. The summed E-state index contributed by atoms with van der Waals surface area (Å²) in [5.74, 6) is 0.811. The molecule has 1 aliphatic rings. The van der Waals surface area contributed by atoms with Crippen LogP contribution in [0.15, 0.2) is 65.6 Å². The van der Waals surface area contributed by atoms with Crippen LogP contribution in [0.4, 0.5) is 11.5 Å². The number of nitrogens with two attached hydrogens (primary N) is 1. The van der Waals surface area contributed by atoms with E-state index in [-0.39, 0.29) is 16.8 Å². The van der Waals surface area contributed by atoms with Gasteiger partial charge in [-0.3, -0.25) is 9.69 Å². The molecule has 3 N–H and O–H groups in total. The number of amides is 1. The number of piperazine rings is 1. The van der Waals surface area contributed by atoms with E-state index in [4.69, 9.17) is 10.1 Å². The van der Waals surface area contributed by atoms with Crippen molar-refractivity contribution < 1.29 is 13.2 Å². The maximum atomic E-state index is 12.7. The van der Waals surface area contributed by atoms with Gasteiger partial charge in [-0.15, -0.1) is 0 Å². The molecular weight excluding hydrogens is 414 g/mol. The van der Waals surface area contributed by atoms with E-state index in [1.54, 1.807) is 0 Å². The minimum atomic E-state index is -3.75. The van der Waals surface area contributed by atoms with Gasteiger partial charge in [0, 0.05) is 37.3 Å². The highest BCUT2D eigenvalue weighted by Gasteiger charge is 2.26. The molecule has 0 saturated carbocycles. The first kappa shape index (κ1) is 21.2. The Morgan fingerprint density at radius 2 is 1.68 bits per heavy atom. The van der Waals surface area contributed by atoms with Gasteiger partial charge in [0.05, 0.1) is 16.5 Å². The predicted octanol–water partition coefficient (Wildman–Crippen LogP) is 2.03. The van der Waals surface area contributed by atoms with Gasteiger partial charge >= 0.3 is 0 Å². The lowest BCUT2D eigenvalue weighted by Crippen LogP contribution is -2.53. The van der Waals surface area contributed by atoms with Gasteiger partial charge in [0.1, 0.15) is 5.82 Å². The molecule has 1 fully saturated rings. The quantitative estimate of drug-likeness (QED) is 0.630. The highest BCUT2D eigenvalue weighted by atomic mass is 32.2. The summed E-state index contributed by atoms with van der Waals surface area (Å²) in [6.07, 6.45) is 0. The normalized spacial score (nSPS) is 16.3. The van der Waals surface area contributed by atoms with Crippen LogP contribution in [0.3, 0.4) is 0 Å². The molecule has 1 atom stereocenters. The molecule has 8 nitrogen and oxygen atoms in total. The smallest absolute Gasteiger partial charge is 0.241 e. The Kier molecular flexibility index (Phi) is 5.90. The maximum Gasteiger partial charge on any atom is 0.241 e. The second-order valence-corrected chi connectivity index (χ2v) is 9.18. The predicted molar refractivity (Wildman–Crippen MR) is 121 cm³/mol. The third kappa shape index (κ3) is 4.84. The fraction of sp³-hybridized carbons (Fsp3) is 0.273. The van der Waals surface area contributed by atoms with Crippen LogP contribution in [-0.2, 0) is 14.8 Å². The largest absolute Gasteiger partial charge is 0.354 e. The molecule has 162 valence electrons. The number of anilines is 2. The number of nitrogens with zero attached hydrogens (tertiary/aromatic N) is 3. The van der Waals surface area contributed by atoms with Gasteiger partial charge in [-0.25, -0.2) is 18.5 Å². The highest BCUT2D eigenvalue weighted by molar-refractivity contribution is 7.89. The number of aromatic nitrogens is 1. The van der Waals surface area contributed by atoms with Gasteiger partial charge in [0.2, 0.25) is 15.9 Å². The highest BCUT2D eigenvalue weighted by Crippen LogP contribution is 2.20. The Labute approximate surface area is 181 Å². The summed E-state index contributed by atoms with van der Waals surface area (Å²) in [5.41, 5.74) is 1.51. The van der Waals surface area contributed by atoms with Gasteiger partial charge in [0.15, 0.2) is 0 Å². The number of rotatable bonds is 5. The van der Waals surface area contributed by atoms with E-state index < -0.39 is 10.0 Å². The van der Waals surface area contributed by atoms with Crippen molar-refractivity contribution in [3.63, 3.8) is 0 Å². The molecule has 0 spiro atoms. The molecule has 0 unspecified atom stereocenters. The Hall–Kier alpha value is -3.01. The van der Waals surface area contributed by atoms with E-state index in [0.717, 1.165) is 42.9 Å². The van der Waals surface area contributed by atoms with Crippen molar-refractivity contribution in [2.75, 3.05) is 36.4 Å². The molecule has 1 amide bonds. The molecule has 0 bridgehead atoms. The van der Waals surface area contributed by atoms with Crippen LogP contribution in [0.25, 0.3) is 10.9 Å². The molecule has 4 rings (SSSR count). The fourth-order valence-electron chi connectivity index (χ4n) is 3.71. The van der Waals surface area contributed by atoms with Gasteiger partial charge in [0.25, 0.3) is 0 Å². The summed E-state index contributed by atoms with van der Waals surface area (Å²) >= 11 is 0. The Balaban J connectivity index is 1.35. The maximum absolute atomic E-state index is 12.7. The molecule has 2 aromatic carbocycles. The molecule has 0 aliphatic carbocycles. The first-order valence-electron chi connectivity index (χ1n) is 10.1. The van der Waals surface area contributed by atoms with Gasteiger partial charge in [-0.05, 0) is 49.4 Å². The lowest BCUT2D eigenvalue weighted by molar-refractivity contribution is -0.120. The number of fused-ring (bicyclic) bond motifs is 1. The molecule has 0 radical (unpaired) electrons. The molecule has 31 heavy (non-hydrogen) atoms. The van der Waals surface area contributed by atoms with Crippen LogP contribution in [0.1, 0.15) is 6.92 Å². The minimum absolute atomic E-state index is 0.0111. The standard InChI is InChI=1S/C22H25N5O3S/c1-16(22(28)24-18-7-9-19(10-8-18)31(23,29)30)26-12-14-27(15-13-26)21-11-6-17-4-2-3-5-20(17)25-21/h2-11,16H,12-15H2,1H3,(H,24,28)(H2,23,29,30)/t16-/m1/s1. The van der Waals surface area contributed by atoms with Crippen LogP contribution in [0, 0.1) is 0 Å². The lowest BCUT2D eigenvalue weighted by Gasteiger charge is -2.38. The molecule has 1 aromatic heterocycles.